The summed E-state index contributed by atoms with van der Waals surface area (Å²) in [5.74, 6) is 3.88. The number of fused-ring (bicyclic) bond motifs is 1. The fourth-order valence-corrected chi connectivity index (χ4v) is 2.82. The minimum Gasteiger partial charge on any atom is -0.497 e. The van der Waals surface area contributed by atoms with E-state index in [2.05, 4.69) is 15.6 Å². The van der Waals surface area contributed by atoms with Crippen molar-refractivity contribution < 1.29 is 18.9 Å². The molecular weight excluding hydrogens is 473 g/mol. The molecule has 0 radical (unpaired) electrons. The second kappa shape index (κ2) is 10.8. The molecule has 0 saturated carbocycles. The van der Waals surface area contributed by atoms with Crippen LogP contribution >= 0.6 is 24.0 Å². The van der Waals surface area contributed by atoms with E-state index in [-0.39, 0.29) is 24.0 Å². The van der Waals surface area contributed by atoms with Crippen molar-refractivity contribution in [1.82, 2.24) is 10.6 Å². The zero-order chi connectivity index (χ0) is 19.1. The molecule has 3 rings (SSSR count). The van der Waals surface area contributed by atoms with Crippen molar-refractivity contribution in [2.45, 2.75) is 13.0 Å². The van der Waals surface area contributed by atoms with Crippen LogP contribution in [-0.2, 0) is 13.0 Å². The van der Waals surface area contributed by atoms with Gasteiger partial charge in [0.15, 0.2) is 17.5 Å². The molecule has 2 aromatic carbocycles. The molecule has 0 bridgehead atoms. The van der Waals surface area contributed by atoms with E-state index < -0.39 is 0 Å². The molecule has 0 unspecified atom stereocenters. The highest BCUT2D eigenvalue weighted by Crippen LogP contribution is 2.32. The molecule has 7 nitrogen and oxygen atoms in total. The smallest absolute Gasteiger partial charge is 0.231 e. The van der Waals surface area contributed by atoms with Crippen molar-refractivity contribution in [3.05, 3.63) is 47.5 Å². The number of ether oxygens (including phenoxy) is 4. The number of aliphatic imine (C=N–C) groups is 1. The first-order chi connectivity index (χ1) is 13.2. The van der Waals surface area contributed by atoms with Gasteiger partial charge in [0.1, 0.15) is 11.5 Å². The number of methoxy groups -OCH3 is 2. The molecular formula is C20H26IN3O4. The molecule has 1 aliphatic rings. The normalized spacial score (nSPS) is 12.2. The van der Waals surface area contributed by atoms with E-state index in [1.807, 2.05) is 36.4 Å². The van der Waals surface area contributed by atoms with Crippen molar-refractivity contribution in [3.8, 4) is 23.0 Å². The molecule has 0 amide bonds. The van der Waals surface area contributed by atoms with E-state index in [1.54, 1.807) is 21.3 Å². The highest BCUT2D eigenvalue weighted by molar-refractivity contribution is 14.0. The number of guanidine groups is 1. The summed E-state index contributed by atoms with van der Waals surface area (Å²) in [6, 6.07) is 11.8. The topological polar surface area (TPSA) is 73.3 Å². The highest BCUT2D eigenvalue weighted by Gasteiger charge is 2.13. The number of halogens is 1. The molecule has 0 aromatic heterocycles. The van der Waals surface area contributed by atoms with Gasteiger partial charge in [0.25, 0.3) is 0 Å². The molecule has 152 valence electrons. The Morgan fingerprint density at radius 2 is 1.86 bits per heavy atom. The maximum atomic E-state index is 5.43. The van der Waals surface area contributed by atoms with Gasteiger partial charge in [-0.05, 0) is 36.2 Å². The van der Waals surface area contributed by atoms with Crippen LogP contribution in [0, 0.1) is 0 Å². The number of hydrogen-bond acceptors (Lipinski definition) is 5. The van der Waals surface area contributed by atoms with Crippen molar-refractivity contribution in [3.63, 3.8) is 0 Å². The van der Waals surface area contributed by atoms with Gasteiger partial charge in [-0.3, -0.25) is 4.99 Å². The standard InChI is InChI=1S/C20H25N3O4.HI/c1-21-20(23-12-15-5-6-16(24-2)11-18(15)25-3)22-9-8-14-4-7-17-19(10-14)27-13-26-17;/h4-7,10-11H,8-9,12-13H2,1-3H3,(H2,21,22,23);1H. The van der Waals surface area contributed by atoms with Crippen LogP contribution in [0.1, 0.15) is 11.1 Å². The molecule has 0 spiro atoms. The van der Waals surface area contributed by atoms with Gasteiger partial charge in [0.05, 0.1) is 14.2 Å². The monoisotopic (exact) mass is 499 g/mol. The van der Waals surface area contributed by atoms with E-state index in [0.29, 0.717) is 13.3 Å². The molecule has 2 N–H and O–H groups in total. The van der Waals surface area contributed by atoms with Crippen molar-refractivity contribution >= 4 is 29.9 Å². The molecule has 0 saturated heterocycles. The maximum Gasteiger partial charge on any atom is 0.231 e. The number of nitrogens with one attached hydrogen (secondary N) is 2. The van der Waals surface area contributed by atoms with Crippen LogP contribution in [-0.4, -0.2) is 40.6 Å². The number of hydrogen-bond donors (Lipinski definition) is 2. The summed E-state index contributed by atoms with van der Waals surface area (Å²) in [6.07, 6.45) is 0.850. The van der Waals surface area contributed by atoms with Gasteiger partial charge in [-0.15, -0.1) is 24.0 Å². The Bertz CT molecular complexity index is 814. The Morgan fingerprint density at radius 1 is 1.04 bits per heavy atom. The predicted octanol–water partition coefficient (Wildman–Crippen LogP) is 2.96. The predicted molar refractivity (Wildman–Crippen MR) is 119 cm³/mol. The summed E-state index contributed by atoms with van der Waals surface area (Å²) >= 11 is 0. The summed E-state index contributed by atoms with van der Waals surface area (Å²) < 4.78 is 21.4. The zero-order valence-electron chi connectivity index (χ0n) is 16.3. The lowest BCUT2D eigenvalue weighted by molar-refractivity contribution is 0.174. The Kier molecular flexibility index (Phi) is 8.49. The molecule has 0 atom stereocenters. The lowest BCUT2D eigenvalue weighted by atomic mass is 10.1. The maximum absolute atomic E-state index is 5.43. The Morgan fingerprint density at radius 3 is 2.61 bits per heavy atom. The first kappa shape index (κ1) is 21.9. The van der Waals surface area contributed by atoms with Crippen LogP contribution in [0.5, 0.6) is 23.0 Å². The first-order valence-corrected chi connectivity index (χ1v) is 8.77. The quantitative estimate of drug-likeness (QED) is 0.347. The second-order valence-electron chi connectivity index (χ2n) is 5.97. The lowest BCUT2D eigenvalue weighted by Crippen LogP contribution is -2.37. The van der Waals surface area contributed by atoms with E-state index in [9.17, 15) is 0 Å². The summed E-state index contributed by atoms with van der Waals surface area (Å²) in [5, 5.41) is 6.62. The van der Waals surface area contributed by atoms with E-state index >= 15 is 0 Å². The molecule has 0 aliphatic carbocycles. The zero-order valence-corrected chi connectivity index (χ0v) is 18.6. The van der Waals surface area contributed by atoms with Crippen LogP contribution in [0.2, 0.25) is 0 Å². The second-order valence-corrected chi connectivity index (χ2v) is 5.97. The van der Waals surface area contributed by atoms with Crippen LogP contribution in [0.15, 0.2) is 41.4 Å². The number of nitrogens with zero attached hydrogens (tertiary/aromatic N) is 1. The van der Waals surface area contributed by atoms with Crippen molar-refractivity contribution in [2.75, 3.05) is 34.6 Å². The SMILES string of the molecule is CN=C(NCCc1ccc2c(c1)OCO2)NCc1ccc(OC)cc1OC.I. The van der Waals surface area contributed by atoms with Gasteiger partial charge >= 0.3 is 0 Å². The fraction of sp³-hybridized carbons (Fsp3) is 0.350. The third-order valence-electron chi connectivity index (χ3n) is 4.31. The fourth-order valence-electron chi connectivity index (χ4n) is 2.82. The third-order valence-corrected chi connectivity index (χ3v) is 4.31. The Hall–Kier alpha value is -2.36. The number of benzene rings is 2. The van der Waals surface area contributed by atoms with Crippen molar-refractivity contribution in [1.29, 1.82) is 0 Å². The van der Waals surface area contributed by atoms with Gasteiger partial charge in [0.2, 0.25) is 6.79 Å². The molecule has 28 heavy (non-hydrogen) atoms. The molecule has 1 aliphatic heterocycles. The Labute approximate surface area is 182 Å². The van der Waals surface area contributed by atoms with Crippen LogP contribution < -0.4 is 29.6 Å². The van der Waals surface area contributed by atoms with Crippen LogP contribution in [0.4, 0.5) is 0 Å². The van der Waals surface area contributed by atoms with Crippen LogP contribution in [0.25, 0.3) is 0 Å². The van der Waals surface area contributed by atoms with Crippen LogP contribution in [0.3, 0.4) is 0 Å². The van der Waals surface area contributed by atoms with Gasteiger partial charge < -0.3 is 29.6 Å². The minimum atomic E-state index is 0. The van der Waals surface area contributed by atoms with Gasteiger partial charge in [-0.25, -0.2) is 0 Å². The third kappa shape index (κ3) is 5.57. The van der Waals surface area contributed by atoms with Gasteiger partial charge in [0, 0.05) is 31.8 Å². The van der Waals surface area contributed by atoms with E-state index in [1.165, 1.54) is 5.56 Å². The molecule has 8 heteroatoms. The average molecular weight is 499 g/mol. The summed E-state index contributed by atoms with van der Waals surface area (Å²) in [7, 11) is 5.04. The summed E-state index contributed by atoms with van der Waals surface area (Å²) in [4.78, 5) is 4.27. The number of rotatable bonds is 7. The van der Waals surface area contributed by atoms with Gasteiger partial charge in [-0.2, -0.15) is 0 Å². The van der Waals surface area contributed by atoms with E-state index in [0.717, 1.165) is 47.5 Å². The highest BCUT2D eigenvalue weighted by atomic mass is 127. The summed E-state index contributed by atoms with van der Waals surface area (Å²) in [5.41, 5.74) is 2.20. The first-order valence-electron chi connectivity index (χ1n) is 8.77. The molecule has 2 aromatic rings. The van der Waals surface area contributed by atoms with E-state index in [4.69, 9.17) is 18.9 Å². The minimum absolute atomic E-state index is 0. The van der Waals surface area contributed by atoms with Crippen molar-refractivity contribution in [2.24, 2.45) is 4.99 Å². The molecule has 1 heterocycles. The summed E-state index contributed by atoms with van der Waals surface area (Å²) in [6.45, 7) is 1.64. The largest absolute Gasteiger partial charge is 0.497 e. The molecule has 0 fully saturated rings. The Balaban J connectivity index is 0.00000280. The average Bonchev–Trinajstić information content (AvgIpc) is 3.18. The lowest BCUT2D eigenvalue weighted by Gasteiger charge is -2.14. The van der Waals surface area contributed by atoms with Gasteiger partial charge in [-0.1, -0.05) is 6.07 Å².